The van der Waals surface area contributed by atoms with Crippen LogP contribution in [0.3, 0.4) is 0 Å². The Kier molecular flexibility index (Phi) is 8.18. The van der Waals surface area contributed by atoms with E-state index < -0.39 is 6.04 Å². The van der Waals surface area contributed by atoms with Crippen molar-refractivity contribution in [1.29, 1.82) is 0 Å². The highest BCUT2D eigenvalue weighted by atomic mass is 35.5. The van der Waals surface area contributed by atoms with Crippen LogP contribution in [0.2, 0.25) is 5.02 Å². The maximum atomic E-state index is 13.1. The van der Waals surface area contributed by atoms with Gasteiger partial charge in [-0.15, -0.1) is 0 Å². The number of carbonyl (C=O) groups is 1. The number of likely N-dealkylation sites (tertiary alicyclic amines) is 1. The SMILES string of the molecule is COc1ccc(CSC[C@@H](N)C(=O)N2CCC(=C3c4ccc(Cl)cc4CCc4cccnc43)CC2)cc1. The van der Waals surface area contributed by atoms with E-state index in [0.717, 1.165) is 47.9 Å². The first-order chi connectivity index (χ1) is 18.0. The van der Waals surface area contributed by atoms with Gasteiger partial charge in [-0.3, -0.25) is 9.78 Å². The third-order valence-electron chi connectivity index (χ3n) is 7.20. The molecule has 7 heteroatoms. The van der Waals surface area contributed by atoms with Crippen LogP contribution in [0.5, 0.6) is 5.75 Å². The number of aryl methyl sites for hydroxylation is 2. The Bertz CT molecular complexity index is 1300. The lowest BCUT2D eigenvalue weighted by Gasteiger charge is -2.32. The van der Waals surface area contributed by atoms with Gasteiger partial charge in [0.25, 0.3) is 0 Å². The Balaban J connectivity index is 1.26. The molecule has 0 radical (unpaired) electrons. The average Bonchev–Trinajstić information content (AvgIpc) is 3.09. The number of halogens is 1. The van der Waals surface area contributed by atoms with Gasteiger partial charge < -0.3 is 15.4 Å². The van der Waals surface area contributed by atoms with Crippen LogP contribution >= 0.6 is 23.4 Å². The maximum absolute atomic E-state index is 13.1. The minimum Gasteiger partial charge on any atom is -0.497 e. The Hall–Kier alpha value is -2.80. The van der Waals surface area contributed by atoms with Gasteiger partial charge in [-0.1, -0.05) is 41.4 Å². The molecule has 0 spiro atoms. The highest BCUT2D eigenvalue weighted by Crippen LogP contribution is 2.38. The van der Waals surface area contributed by atoms with Gasteiger partial charge in [-0.2, -0.15) is 11.8 Å². The highest BCUT2D eigenvalue weighted by molar-refractivity contribution is 7.98. The zero-order valence-electron chi connectivity index (χ0n) is 21.1. The first-order valence-corrected chi connectivity index (χ1v) is 14.3. The smallest absolute Gasteiger partial charge is 0.240 e. The van der Waals surface area contributed by atoms with Crippen LogP contribution in [0.15, 0.2) is 66.4 Å². The van der Waals surface area contributed by atoms with Gasteiger partial charge in [-0.25, -0.2) is 0 Å². The van der Waals surface area contributed by atoms with Gasteiger partial charge >= 0.3 is 0 Å². The number of pyridine rings is 1. The number of thioether (sulfide) groups is 1. The van der Waals surface area contributed by atoms with Gasteiger partial charge in [0.1, 0.15) is 5.75 Å². The molecule has 1 fully saturated rings. The summed E-state index contributed by atoms with van der Waals surface area (Å²) in [6.07, 6.45) is 5.41. The molecule has 5 nitrogen and oxygen atoms in total. The maximum Gasteiger partial charge on any atom is 0.240 e. The number of nitrogens with two attached hydrogens (primary N) is 1. The largest absolute Gasteiger partial charge is 0.497 e. The molecular weight excluding hydrogens is 502 g/mol. The Morgan fingerprint density at radius 3 is 2.59 bits per heavy atom. The van der Waals surface area contributed by atoms with Crippen molar-refractivity contribution in [2.24, 2.45) is 5.73 Å². The van der Waals surface area contributed by atoms with Crippen molar-refractivity contribution in [3.8, 4) is 5.75 Å². The summed E-state index contributed by atoms with van der Waals surface area (Å²) in [7, 11) is 1.66. The van der Waals surface area contributed by atoms with Crippen LogP contribution in [-0.4, -0.2) is 47.8 Å². The number of rotatable bonds is 6. The van der Waals surface area contributed by atoms with Gasteiger partial charge in [0.05, 0.1) is 18.8 Å². The summed E-state index contributed by atoms with van der Waals surface area (Å²) < 4.78 is 5.21. The molecule has 2 aromatic carbocycles. The molecule has 2 aliphatic rings. The number of ether oxygens (including phenoxy) is 1. The number of hydrogen-bond donors (Lipinski definition) is 1. The van der Waals surface area contributed by atoms with Crippen LogP contribution in [-0.2, 0) is 23.4 Å². The molecule has 0 saturated carbocycles. The molecule has 1 aliphatic carbocycles. The van der Waals surface area contributed by atoms with Crippen molar-refractivity contribution in [1.82, 2.24) is 9.88 Å². The second-order valence-corrected chi connectivity index (χ2v) is 11.1. The first-order valence-electron chi connectivity index (χ1n) is 12.7. The molecule has 5 rings (SSSR count). The normalized spacial score (nSPS) is 16.0. The van der Waals surface area contributed by atoms with Crippen LogP contribution in [0, 0.1) is 0 Å². The molecule has 1 aliphatic heterocycles. The minimum absolute atomic E-state index is 0.0397. The Morgan fingerprint density at radius 2 is 1.84 bits per heavy atom. The average molecular weight is 534 g/mol. The summed E-state index contributed by atoms with van der Waals surface area (Å²) in [6.45, 7) is 1.36. The first kappa shape index (κ1) is 25.8. The summed E-state index contributed by atoms with van der Waals surface area (Å²) in [6, 6.07) is 17.9. The summed E-state index contributed by atoms with van der Waals surface area (Å²) in [5.41, 5.74) is 14.9. The lowest BCUT2D eigenvalue weighted by Crippen LogP contribution is -2.47. The summed E-state index contributed by atoms with van der Waals surface area (Å²) in [5.74, 6) is 2.30. The lowest BCUT2D eigenvalue weighted by atomic mass is 9.88. The van der Waals surface area contributed by atoms with E-state index in [1.807, 2.05) is 47.5 Å². The molecule has 3 aromatic rings. The molecule has 1 saturated heterocycles. The number of hydrogen-bond acceptors (Lipinski definition) is 5. The van der Waals surface area contributed by atoms with Crippen molar-refractivity contribution in [2.75, 3.05) is 26.0 Å². The van der Waals surface area contributed by atoms with E-state index in [1.165, 1.54) is 33.4 Å². The third kappa shape index (κ3) is 5.87. The number of carbonyl (C=O) groups excluding carboxylic acids is 1. The number of benzene rings is 2. The van der Waals surface area contributed by atoms with Gasteiger partial charge in [0, 0.05) is 41.4 Å². The van der Waals surface area contributed by atoms with E-state index in [9.17, 15) is 4.79 Å². The van der Waals surface area contributed by atoms with Crippen LogP contribution in [0.4, 0.5) is 0 Å². The highest BCUT2D eigenvalue weighted by Gasteiger charge is 2.28. The molecule has 0 unspecified atom stereocenters. The van der Waals surface area contributed by atoms with Crippen LogP contribution in [0.1, 0.15) is 40.8 Å². The van der Waals surface area contributed by atoms with Crippen molar-refractivity contribution in [3.05, 3.63) is 99.3 Å². The third-order valence-corrected chi connectivity index (χ3v) is 8.57. The van der Waals surface area contributed by atoms with Gasteiger partial charge in [-0.05, 0) is 78.3 Å². The van der Waals surface area contributed by atoms with Gasteiger partial charge in [0.15, 0.2) is 0 Å². The molecule has 0 bridgehead atoms. The Morgan fingerprint density at radius 1 is 1.08 bits per heavy atom. The van der Waals surface area contributed by atoms with E-state index in [0.29, 0.717) is 18.8 Å². The molecular formula is C30H32ClN3O2S. The quantitative estimate of drug-likeness (QED) is 0.451. The summed E-state index contributed by atoms with van der Waals surface area (Å²) in [5, 5.41) is 0.765. The van der Waals surface area contributed by atoms with E-state index >= 15 is 0 Å². The molecule has 1 atom stereocenters. The fourth-order valence-electron chi connectivity index (χ4n) is 5.21. The van der Waals surface area contributed by atoms with Crippen LogP contribution < -0.4 is 10.5 Å². The number of amides is 1. The number of methoxy groups -OCH3 is 1. The van der Waals surface area contributed by atoms with E-state index in [-0.39, 0.29) is 5.91 Å². The van der Waals surface area contributed by atoms with Crippen molar-refractivity contribution in [3.63, 3.8) is 0 Å². The monoisotopic (exact) mass is 533 g/mol. The second-order valence-electron chi connectivity index (χ2n) is 9.59. The number of aromatic nitrogens is 1. The fraction of sp³-hybridized carbons (Fsp3) is 0.333. The van der Waals surface area contributed by atoms with Crippen LogP contribution in [0.25, 0.3) is 5.57 Å². The zero-order valence-corrected chi connectivity index (χ0v) is 22.7. The minimum atomic E-state index is -0.499. The topological polar surface area (TPSA) is 68.5 Å². The molecule has 2 heterocycles. The summed E-state index contributed by atoms with van der Waals surface area (Å²) >= 11 is 8.04. The number of fused-ring (bicyclic) bond motifs is 2. The fourth-order valence-corrected chi connectivity index (χ4v) is 6.35. The standard InChI is InChI=1S/C30H32ClN3O2S/c1-36-25-9-4-20(5-10-25)18-37-19-27(32)30(35)34-15-12-21(13-16-34)28-26-11-8-24(31)17-23(26)7-6-22-3-2-14-33-29(22)28/h2-5,8-11,14,17,27H,6-7,12-13,15-16,18-19,32H2,1H3/t27-/m1/s1. The predicted octanol–water partition coefficient (Wildman–Crippen LogP) is 5.53. The van der Waals surface area contributed by atoms with Gasteiger partial charge in [0.2, 0.25) is 5.91 Å². The van der Waals surface area contributed by atoms with E-state index in [1.54, 1.807) is 18.9 Å². The Labute approximate surface area is 228 Å². The number of nitrogens with zero attached hydrogens (tertiary/aromatic N) is 2. The van der Waals surface area contributed by atoms with E-state index in [4.69, 9.17) is 27.1 Å². The molecule has 192 valence electrons. The second kappa shape index (κ2) is 11.7. The van der Waals surface area contributed by atoms with Crippen molar-refractivity contribution < 1.29 is 9.53 Å². The molecule has 37 heavy (non-hydrogen) atoms. The molecule has 2 N–H and O–H groups in total. The molecule has 1 aromatic heterocycles. The number of piperidine rings is 1. The predicted molar refractivity (Wildman–Crippen MR) is 152 cm³/mol. The van der Waals surface area contributed by atoms with Crippen molar-refractivity contribution >= 4 is 34.8 Å². The van der Waals surface area contributed by atoms with E-state index in [2.05, 4.69) is 18.2 Å². The molecule has 1 amide bonds. The zero-order chi connectivity index (χ0) is 25.8. The summed E-state index contributed by atoms with van der Waals surface area (Å²) in [4.78, 5) is 19.9. The van der Waals surface area contributed by atoms with Crippen molar-refractivity contribution in [2.45, 2.75) is 37.5 Å². The lowest BCUT2D eigenvalue weighted by molar-refractivity contribution is -0.132.